The highest BCUT2D eigenvalue weighted by Gasteiger charge is 2.40. The number of nitrogens with two attached hydrogens (primary N) is 1. The van der Waals surface area contributed by atoms with E-state index in [9.17, 15) is 21.6 Å². The van der Waals surface area contributed by atoms with Crippen LogP contribution in [0.5, 0.6) is 0 Å². The molecule has 0 fully saturated rings. The Hall–Kier alpha value is -0.300. The van der Waals surface area contributed by atoms with Crippen molar-refractivity contribution in [1.82, 2.24) is 0 Å². The zero-order valence-electron chi connectivity index (χ0n) is 7.13. The summed E-state index contributed by atoms with van der Waals surface area (Å²) in [6.07, 6.45) is -4.53. The highest BCUT2D eigenvalue weighted by atomic mass is 32.2. The zero-order chi connectivity index (χ0) is 10.7. The Morgan fingerprint density at radius 3 is 2.08 bits per heavy atom. The van der Waals surface area contributed by atoms with Crippen molar-refractivity contribution >= 4 is 9.84 Å². The van der Waals surface area contributed by atoms with Gasteiger partial charge in [0.15, 0.2) is 9.84 Å². The van der Waals surface area contributed by atoms with Gasteiger partial charge in [0.2, 0.25) is 0 Å². The third-order valence-corrected chi connectivity index (χ3v) is 3.43. The summed E-state index contributed by atoms with van der Waals surface area (Å²) in [5.41, 5.74) is 4.84. The average Bonchev–Trinajstić information content (AvgIpc) is 1.98. The van der Waals surface area contributed by atoms with E-state index in [1.54, 1.807) is 0 Å². The number of rotatable bonds is 4. The first-order valence-corrected chi connectivity index (χ1v) is 5.52. The predicted octanol–water partition coefficient (Wildman–Crippen LogP) is 0.558. The first-order valence-electron chi connectivity index (χ1n) is 3.70. The topological polar surface area (TPSA) is 60.2 Å². The number of hydrogen-bond acceptors (Lipinski definition) is 3. The van der Waals surface area contributed by atoms with Gasteiger partial charge in [0.05, 0.1) is 11.7 Å². The van der Waals surface area contributed by atoms with Gasteiger partial charge in [-0.1, -0.05) is 6.92 Å². The van der Waals surface area contributed by atoms with Crippen LogP contribution >= 0.6 is 0 Å². The maximum atomic E-state index is 12.0. The van der Waals surface area contributed by atoms with Gasteiger partial charge in [0, 0.05) is 12.3 Å². The molecule has 1 atom stereocenters. The maximum Gasteiger partial charge on any atom is 0.393 e. The van der Waals surface area contributed by atoms with Crippen LogP contribution in [0.25, 0.3) is 0 Å². The van der Waals surface area contributed by atoms with Crippen LogP contribution in [0.4, 0.5) is 13.2 Å². The second-order valence-electron chi connectivity index (χ2n) is 2.67. The van der Waals surface area contributed by atoms with Crippen LogP contribution in [-0.2, 0) is 9.84 Å². The molecule has 0 aliphatic carbocycles. The van der Waals surface area contributed by atoms with Crippen molar-refractivity contribution in [2.45, 2.75) is 13.1 Å². The monoisotopic (exact) mass is 219 g/mol. The van der Waals surface area contributed by atoms with E-state index in [2.05, 4.69) is 0 Å². The van der Waals surface area contributed by atoms with Gasteiger partial charge in [-0.15, -0.1) is 0 Å². The minimum Gasteiger partial charge on any atom is -0.330 e. The van der Waals surface area contributed by atoms with E-state index in [1.807, 2.05) is 0 Å². The second-order valence-corrected chi connectivity index (χ2v) is 5.07. The van der Waals surface area contributed by atoms with Gasteiger partial charge < -0.3 is 5.73 Å². The Balaban J connectivity index is 4.49. The summed E-state index contributed by atoms with van der Waals surface area (Å²) < 4.78 is 57.8. The normalized spacial score (nSPS) is 15.8. The number of alkyl halides is 3. The Bertz CT molecular complexity index is 247. The van der Waals surface area contributed by atoms with Gasteiger partial charge in [-0.25, -0.2) is 8.42 Å². The molecule has 3 nitrogen and oxygen atoms in total. The van der Waals surface area contributed by atoms with Crippen LogP contribution < -0.4 is 5.73 Å². The molecule has 0 aliphatic rings. The molecular formula is C6H12F3NO2S. The fourth-order valence-corrected chi connectivity index (χ4v) is 1.89. The summed E-state index contributed by atoms with van der Waals surface area (Å²) in [6.45, 7) is 0.613. The molecule has 0 saturated heterocycles. The first-order chi connectivity index (χ1) is 5.73. The van der Waals surface area contributed by atoms with Gasteiger partial charge in [-0.05, 0) is 0 Å². The molecule has 0 radical (unpaired) electrons. The Morgan fingerprint density at radius 1 is 1.38 bits per heavy atom. The fourth-order valence-electron chi connectivity index (χ4n) is 0.721. The molecule has 7 heteroatoms. The molecule has 1 unspecified atom stereocenters. The Kier molecular flexibility index (Phi) is 4.18. The van der Waals surface area contributed by atoms with Gasteiger partial charge in [-0.3, -0.25) is 0 Å². The molecule has 80 valence electrons. The van der Waals surface area contributed by atoms with E-state index < -0.39 is 34.2 Å². The lowest BCUT2D eigenvalue weighted by molar-refractivity contribution is -0.165. The van der Waals surface area contributed by atoms with Crippen molar-refractivity contribution < 1.29 is 21.6 Å². The quantitative estimate of drug-likeness (QED) is 0.751. The largest absolute Gasteiger partial charge is 0.393 e. The fraction of sp³-hybridized carbons (Fsp3) is 1.00. The molecule has 0 aromatic rings. The van der Waals surface area contributed by atoms with E-state index in [0.29, 0.717) is 0 Å². The standard InChI is InChI=1S/C6H12F3NO2S/c1-2-13(11,12)4-5(3-10)6(7,8)9/h5H,2-4,10H2,1H3. The Morgan fingerprint density at radius 2 is 1.85 bits per heavy atom. The van der Waals surface area contributed by atoms with Crippen LogP contribution in [-0.4, -0.2) is 32.6 Å². The molecule has 2 N–H and O–H groups in total. The highest BCUT2D eigenvalue weighted by molar-refractivity contribution is 7.91. The molecule has 0 heterocycles. The first kappa shape index (κ1) is 12.7. The molecule has 0 bridgehead atoms. The maximum absolute atomic E-state index is 12.0. The summed E-state index contributed by atoms with van der Waals surface area (Å²) in [5, 5.41) is 0. The van der Waals surface area contributed by atoms with Gasteiger partial charge in [0.1, 0.15) is 0 Å². The number of sulfone groups is 1. The van der Waals surface area contributed by atoms with Crippen molar-refractivity contribution in [3.8, 4) is 0 Å². The summed E-state index contributed by atoms with van der Waals surface area (Å²) in [7, 11) is -3.61. The van der Waals surface area contributed by atoms with E-state index in [1.165, 1.54) is 6.92 Å². The van der Waals surface area contributed by atoms with E-state index in [0.717, 1.165) is 0 Å². The van der Waals surface area contributed by atoms with E-state index >= 15 is 0 Å². The molecular weight excluding hydrogens is 207 g/mol. The molecule has 0 spiro atoms. The second kappa shape index (κ2) is 4.28. The van der Waals surface area contributed by atoms with Crippen LogP contribution in [0, 0.1) is 5.92 Å². The average molecular weight is 219 g/mol. The Labute approximate surface area is 75.0 Å². The van der Waals surface area contributed by atoms with Gasteiger partial charge >= 0.3 is 6.18 Å². The van der Waals surface area contributed by atoms with Crippen LogP contribution in [0.3, 0.4) is 0 Å². The van der Waals surface area contributed by atoms with Crippen molar-refractivity contribution in [2.24, 2.45) is 11.7 Å². The van der Waals surface area contributed by atoms with Crippen molar-refractivity contribution in [2.75, 3.05) is 18.1 Å². The van der Waals surface area contributed by atoms with Crippen LogP contribution in [0.15, 0.2) is 0 Å². The minimum absolute atomic E-state index is 0.292. The van der Waals surface area contributed by atoms with Gasteiger partial charge in [0.25, 0.3) is 0 Å². The summed E-state index contributed by atoms with van der Waals surface area (Å²) in [5.74, 6) is -3.15. The molecule has 0 aliphatic heterocycles. The van der Waals surface area contributed by atoms with Crippen molar-refractivity contribution in [3.05, 3.63) is 0 Å². The lowest BCUT2D eigenvalue weighted by atomic mass is 10.2. The molecule has 0 aromatic heterocycles. The minimum atomic E-state index is -4.53. The number of hydrogen-bond donors (Lipinski definition) is 1. The third kappa shape index (κ3) is 4.47. The van der Waals surface area contributed by atoms with E-state index in [4.69, 9.17) is 5.73 Å². The highest BCUT2D eigenvalue weighted by Crippen LogP contribution is 2.26. The third-order valence-electron chi connectivity index (χ3n) is 1.64. The van der Waals surface area contributed by atoms with E-state index in [-0.39, 0.29) is 5.75 Å². The van der Waals surface area contributed by atoms with Crippen molar-refractivity contribution in [1.29, 1.82) is 0 Å². The molecule has 0 saturated carbocycles. The van der Waals surface area contributed by atoms with Crippen molar-refractivity contribution in [3.63, 3.8) is 0 Å². The molecule has 0 aromatic carbocycles. The summed E-state index contributed by atoms with van der Waals surface area (Å²) in [6, 6.07) is 0. The summed E-state index contributed by atoms with van der Waals surface area (Å²) >= 11 is 0. The van der Waals surface area contributed by atoms with Crippen LogP contribution in [0.2, 0.25) is 0 Å². The lowest BCUT2D eigenvalue weighted by Crippen LogP contribution is -2.36. The zero-order valence-corrected chi connectivity index (χ0v) is 7.95. The smallest absolute Gasteiger partial charge is 0.330 e. The number of halogens is 3. The summed E-state index contributed by atoms with van der Waals surface area (Å²) in [4.78, 5) is 0. The molecule has 0 rings (SSSR count). The predicted molar refractivity (Wildman–Crippen MR) is 42.9 cm³/mol. The van der Waals surface area contributed by atoms with Gasteiger partial charge in [-0.2, -0.15) is 13.2 Å². The molecule has 13 heavy (non-hydrogen) atoms. The van der Waals surface area contributed by atoms with Crippen LogP contribution in [0.1, 0.15) is 6.92 Å². The lowest BCUT2D eigenvalue weighted by Gasteiger charge is -2.17. The SMILES string of the molecule is CCS(=O)(=O)CC(CN)C(F)(F)F. The molecule has 0 amide bonds.